The number of hydrogen-bond donors (Lipinski definition) is 3. The second-order valence-corrected chi connectivity index (χ2v) is 6.09. The number of phenolic OH excluding ortho intramolecular Hbond substituents is 1. The first-order chi connectivity index (χ1) is 13.6. The number of aromatic nitrogens is 2. The van der Waals surface area contributed by atoms with Crippen LogP contribution < -0.4 is 5.43 Å². The molecule has 4 rings (SSSR count). The first-order valence-electron chi connectivity index (χ1n) is 8.47. The summed E-state index contributed by atoms with van der Waals surface area (Å²) in [7, 11) is 0. The lowest BCUT2D eigenvalue weighted by Gasteiger charge is -2.04. The van der Waals surface area contributed by atoms with Gasteiger partial charge in [-0.05, 0) is 47.2 Å². The van der Waals surface area contributed by atoms with E-state index in [-0.39, 0.29) is 17.3 Å². The molecule has 0 bridgehead atoms. The normalized spacial score (nSPS) is 11.2. The number of phenols is 1. The largest absolute Gasteiger partial charge is 0.507 e. The molecule has 0 aliphatic carbocycles. The van der Waals surface area contributed by atoms with Crippen LogP contribution in [0.3, 0.4) is 0 Å². The highest BCUT2D eigenvalue weighted by Gasteiger charge is 2.11. The van der Waals surface area contributed by atoms with E-state index in [2.05, 4.69) is 20.7 Å². The molecule has 3 aromatic carbocycles. The van der Waals surface area contributed by atoms with E-state index in [0.717, 1.165) is 10.8 Å². The maximum Gasteiger partial charge on any atom is 0.289 e. The summed E-state index contributed by atoms with van der Waals surface area (Å²) in [6.45, 7) is 0. The van der Waals surface area contributed by atoms with Crippen molar-refractivity contribution in [3.8, 4) is 17.0 Å². The van der Waals surface area contributed by atoms with Gasteiger partial charge in [0, 0.05) is 11.1 Å². The number of hydrazone groups is 1. The molecule has 1 amide bonds. The molecule has 0 spiro atoms. The van der Waals surface area contributed by atoms with Crippen LogP contribution in [0.15, 0.2) is 71.8 Å². The van der Waals surface area contributed by atoms with Gasteiger partial charge in [-0.1, -0.05) is 30.3 Å². The number of carbonyl (C=O) groups is 1. The Hall–Kier alpha value is -4.00. The van der Waals surface area contributed by atoms with Gasteiger partial charge in [-0.15, -0.1) is 0 Å². The maximum absolute atomic E-state index is 13.0. The fraction of sp³-hybridized carbons (Fsp3) is 0. The van der Waals surface area contributed by atoms with Crippen LogP contribution in [0.1, 0.15) is 16.1 Å². The molecule has 0 unspecified atom stereocenters. The minimum Gasteiger partial charge on any atom is -0.507 e. The van der Waals surface area contributed by atoms with Crippen LogP contribution in [-0.4, -0.2) is 27.4 Å². The van der Waals surface area contributed by atoms with E-state index in [0.29, 0.717) is 16.8 Å². The lowest BCUT2D eigenvalue weighted by atomic mass is 10.0. The molecule has 0 atom stereocenters. The molecule has 28 heavy (non-hydrogen) atoms. The Morgan fingerprint density at radius 3 is 2.71 bits per heavy atom. The average Bonchev–Trinajstić information content (AvgIpc) is 3.20. The number of carbonyl (C=O) groups excluding carboxylic acids is 1. The third-order valence-corrected chi connectivity index (χ3v) is 4.27. The molecule has 0 fully saturated rings. The van der Waals surface area contributed by atoms with Crippen LogP contribution in [0, 0.1) is 5.82 Å². The van der Waals surface area contributed by atoms with Gasteiger partial charge < -0.3 is 5.11 Å². The van der Waals surface area contributed by atoms with E-state index >= 15 is 0 Å². The molecule has 6 nitrogen and oxygen atoms in total. The van der Waals surface area contributed by atoms with Crippen LogP contribution in [0.4, 0.5) is 4.39 Å². The zero-order valence-corrected chi connectivity index (χ0v) is 14.6. The molecular weight excluding hydrogens is 359 g/mol. The minimum atomic E-state index is -0.489. The van der Waals surface area contributed by atoms with Crippen LogP contribution in [0.2, 0.25) is 0 Å². The van der Waals surface area contributed by atoms with Crippen LogP contribution in [0.5, 0.6) is 5.75 Å². The van der Waals surface area contributed by atoms with Crippen molar-refractivity contribution in [1.29, 1.82) is 0 Å². The van der Waals surface area contributed by atoms with Crippen molar-refractivity contribution in [2.75, 3.05) is 0 Å². The molecule has 1 heterocycles. The molecule has 0 aliphatic heterocycles. The average molecular weight is 374 g/mol. The number of aromatic hydroxyl groups is 1. The smallest absolute Gasteiger partial charge is 0.289 e. The zero-order chi connectivity index (χ0) is 19.5. The van der Waals surface area contributed by atoms with E-state index < -0.39 is 5.91 Å². The van der Waals surface area contributed by atoms with E-state index in [1.165, 1.54) is 18.3 Å². The van der Waals surface area contributed by atoms with Crippen molar-refractivity contribution in [2.24, 2.45) is 5.10 Å². The minimum absolute atomic E-state index is 0.0665. The van der Waals surface area contributed by atoms with Gasteiger partial charge in [-0.2, -0.15) is 10.2 Å². The number of aromatic amines is 1. The van der Waals surface area contributed by atoms with Gasteiger partial charge in [0.05, 0.1) is 11.9 Å². The third-order valence-electron chi connectivity index (χ3n) is 4.27. The van der Waals surface area contributed by atoms with Crippen molar-refractivity contribution < 1.29 is 14.3 Å². The number of halogens is 1. The van der Waals surface area contributed by atoms with Crippen molar-refractivity contribution in [3.05, 3.63) is 83.8 Å². The van der Waals surface area contributed by atoms with E-state index in [4.69, 9.17) is 0 Å². The van der Waals surface area contributed by atoms with Crippen LogP contribution in [0.25, 0.3) is 22.0 Å². The quantitative estimate of drug-likeness (QED) is 0.374. The molecule has 0 radical (unpaired) electrons. The topological polar surface area (TPSA) is 90.4 Å². The van der Waals surface area contributed by atoms with Gasteiger partial charge in [0.15, 0.2) is 0 Å². The molecule has 4 aromatic rings. The van der Waals surface area contributed by atoms with Crippen molar-refractivity contribution >= 4 is 22.9 Å². The summed E-state index contributed by atoms with van der Waals surface area (Å²) >= 11 is 0. The predicted octanol–water partition coefficient (Wildman–Crippen LogP) is 3.84. The van der Waals surface area contributed by atoms with Gasteiger partial charge in [0.1, 0.15) is 17.3 Å². The van der Waals surface area contributed by atoms with Gasteiger partial charge in [-0.25, -0.2) is 9.82 Å². The highest BCUT2D eigenvalue weighted by atomic mass is 19.1. The summed E-state index contributed by atoms with van der Waals surface area (Å²) in [4.78, 5) is 12.3. The Labute approximate surface area is 159 Å². The molecule has 0 saturated carbocycles. The number of nitrogens with one attached hydrogen (secondary N) is 2. The molecule has 7 heteroatoms. The first-order valence-corrected chi connectivity index (χ1v) is 8.47. The second kappa shape index (κ2) is 7.32. The first kappa shape index (κ1) is 17.4. The molecule has 0 saturated heterocycles. The summed E-state index contributed by atoms with van der Waals surface area (Å²) in [5.74, 6) is -0.767. The number of H-pyrrole nitrogens is 1. The maximum atomic E-state index is 13.0. The summed E-state index contributed by atoms with van der Waals surface area (Å²) < 4.78 is 13.0. The molecule has 138 valence electrons. The highest BCUT2D eigenvalue weighted by molar-refractivity contribution is 6.03. The van der Waals surface area contributed by atoms with Gasteiger partial charge in [-0.3, -0.25) is 9.89 Å². The zero-order valence-electron chi connectivity index (χ0n) is 14.6. The second-order valence-electron chi connectivity index (χ2n) is 6.09. The number of hydrogen-bond acceptors (Lipinski definition) is 4. The highest BCUT2D eigenvalue weighted by Crippen LogP contribution is 2.25. The Balaban J connectivity index is 1.51. The van der Waals surface area contributed by atoms with E-state index in [1.54, 1.807) is 24.3 Å². The number of fused-ring (bicyclic) bond motifs is 1. The summed E-state index contributed by atoms with van der Waals surface area (Å²) in [5, 5.41) is 22.5. The standard InChI is InChI=1S/C21H15FN4O2/c22-15-8-5-14(6-9-15)18-11-19(25-24-18)21(28)26-23-12-17-16-4-2-1-3-13(16)7-10-20(17)27/h1-12,27H,(H,24,25)(H,26,28)/b23-12-. The van der Waals surface area contributed by atoms with Gasteiger partial charge in [0.2, 0.25) is 0 Å². The van der Waals surface area contributed by atoms with Crippen molar-refractivity contribution in [2.45, 2.75) is 0 Å². The summed E-state index contributed by atoms with van der Waals surface area (Å²) in [6, 6.07) is 18.3. The van der Waals surface area contributed by atoms with Crippen molar-refractivity contribution in [3.63, 3.8) is 0 Å². The number of nitrogens with zero attached hydrogens (tertiary/aromatic N) is 2. The lowest BCUT2D eigenvalue weighted by Crippen LogP contribution is -2.18. The predicted molar refractivity (Wildman–Crippen MR) is 105 cm³/mol. The van der Waals surface area contributed by atoms with Crippen molar-refractivity contribution in [1.82, 2.24) is 15.6 Å². The Kier molecular flexibility index (Phi) is 4.55. The molecular formula is C21H15FN4O2. The fourth-order valence-corrected chi connectivity index (χ4v) is 2.84. The summed E-state index contributed by atoms with van der Waals surface area (Å²) in [5.41, 5.74) is 4.31. The number of benzene rings is 3. The van der Waals surface area contributed by atoms with E-state index in [1.807, 2.05) is 30.3 Å². The fourth-order valence-electron chi connectivity index (χ4n) is 2.84. The van der Waals surface area contributed by atoms with E-state index in [9.17, 15) is 14.3 Å². The monoisotopic (exact) mass is 374 g/mol. The Morgan fingerprint density at radius 1 is 1.11 bits per heavy atom. The molecule has 3 N–H and O–H groups in total. The third kappa shape index (κ3) is 3.45. The summed E-state index contributed by atoms with van der Waals surface area (Å²) in [6.07, 6.45) is 1.40. The van der Waals surface area contributed by atoms with Crippen LogP contribution in [-0.2, 0) is 0 Å². The molecule has 0 aliphatic rings. The lowest BCUT2D eigenvalue weighted by molar-refractivity contribution is 0.0950. The SMILES string of the molecule is O=C(N/N=C\c1c(O)ccc2ccccc12)c1cc(-c2ccc(F)cc2)n[nH]1. The number of amides is 1. The van der Waals surface area contributed by atoms with Gasteiger partial charge in [0.25, 0.3) is 5.91 Å². The molecule has 1 aromatic heterocycles. The van der Waals surface area contributed by atoms with Gasteiger partial charge >= 0.3 is 0 Å². The number of rotatable bonds is 4. The van der Waals surface area contributed by atoms with Crippen LogP contribution >= 0.6 is 0 Å². The Morgan fingerprint density at radius 2 is 1.89 bits per heavy atom. The Bertz CT molecular complexity index is 1180.